The van der Waals surface area contributed by atoms with E-state index in [0.717, 1.165) is 12.0 Å². The molecule has 20 heavy (non-hydrogen) atoms. The van der Waals surface area contributed by atoms with Crippen LogP contribution in [0.1, 0.15) is 12.0 Å². The highest BCUT2D eigenvalue weighted by atomic mass is 19.1. The Morgan fingerprint density at radius 1 is 1.05 bits per heavy atom. The minimum Gasteiger partial charge on any atom is -0.490 e. The SMILES string of the molecule is N#Cc1c(F)cccc1-c1ccc2c(c1)OCCCO2. The normalized spacial score (nSPS) is 13.4. The van der Waals surface area contributed by atoms with Crippen LogP contribution in [0.15, 0.2) is 36.4 Å². The summed E-state index contributed by atoms with van der Waals surface area (Å²) in [5, 5.41) is 9.10. The van der Waals surface area contributed by atoms with Crippen molar-refractivity contribution in [3.05, 3.63) is 47.8 Å². The first-order valence-electron chi connectivity index (χ1n) is 6.38. The Kier molecular flexibility index (Phi) is 3.26. The molecule has 2 aromatic rings. The Hall–Kier alpha value is -2.54. The number of nitriles is 1. The average Bonchev–Trinajstić information content (AvgIpc) is 2.71. The van der Waals surface area contributed by atoms with Crippen molar-refractivity contribution in [1.82, 2.24) is 0 Å². The molecule has 0 N–H and O–H groups in total. The molecule has 0 spiro atoms. The van der Waals surface area contributed by atoms with E-state index in [2.05, 4.69) is 0 Å². The summed E-state index contributed by atoms with van der Waals surface area (Å²) in [5.41, 5.74) is 1.34. The molecular weight excluding hydrogens is 257 g/mol. The van der Waals surface area contributed by atoms with Crippen molar-refractivity contribution in [2.45, 2.75) is 6.42 Å². The summed E-state index contributed by atoms with van der Waals surface area (Å²) in [4.78, 5) is 0. The van der Waals surface area contributed by atoms with Gasteiger partial charge in [0, 0.05) is 12.0 Å². The molecule has 0 radical (unpaired) electrons. The van der Waals surface area contributed by atoms with Gasteiger partial charge in [-0.15, -0.1) is 0 Å². The van der Waals surface area contributed by atoms with E-state index in [-0.39, 0.29) is 5.56 Å². The Morgan fingerprint density at radius 3 is 2.65 bits per heavy atom. The zero-order valence-electron chi connectivity index (χ0n) is 10.7. The molecule has 0 aromatic heterocycles. The van der Waals surface area contributed by atoms with Gasteiger partial charge in [0.2, 0.25) is 0 Å². The monoisotopic (exact) mass is 269 g/mol. The Morgan fingerprint density at radius 2 is 1.85 bits per heavy atom. The Balaban J connectivity index is 2.10. The van der Waals surface area contributed by atoms with Gasteiger partial charge in [-0.3, -0.25) is 0 Å². The fourth-order valence-electron chi connectivity index (χ4n) is 2.21. The number of halogens is 1. The van der Waals surface area contributed by atoms with Crippen LogP contribution in [0.2, 0.25) is 0 Å². The van der Waals surface area contributed by atoms with Crippen LogP contribution >= 0.6 is 0 Å². The third kappa shape index (κ3) is 2.19. The predicted molar refractivity (Wildman–Crippen MR) is 72.2 cm³/mol. The van der Waals surface area contributed by atoms with Gasteiger partial charge >= 0.3 is 0 Å². The second kappa shape index (κ2) is 5.22. The van der Waals surface area contributed by atoms with Crippen LogP contribution in [-0.2, 0) is 0 Å². The molecule has 2 aromatic carbocycles. The number of hydrogen-bond acceptors (Lipinski definition) is 3. The van der Waals surface area contributed by atoms with Gasteiger partial charge in [-0.25, -0.2) is 4.39 Å². The summed E-state index contributed by atoms with van der Waals surface area (Å²) in [6.45, 7) is 1.21. The van der Waals surface area contributed by atoms with E-state index in [4.69, 9.17) is 14.7 Å². The summed E-state index contributed by atoms with van der Waals surface area (Å²) < 4.78 is 24.8. The van der Waals surface area contributed by atoms with Crippen LogP contribution in [0.3, 0.4) is 0 Å². The molecule has 4 heteroatoms. The minimum absolute atomic E-state index is 0.0435. The van der Waals surface area contributed by atoms with E-state index >= 15 is 0 Å². The summed E-state index contributed by atoms with van der Waals surface area (Å²) in [6.07, 6.45) is 0.827. The van der Waals surface area contributed by atoms with E-state index in [1.807, 2.05) is 12.1 Å². The quantitative estimate of drug-likeness (QED) is 0.795. The van der Waals surface area contributed by atoms with Crippen molar-refractivity contribution in [2.24, 2.45) is 0 Å². The highest BCUT2D eigenvalue weighted by Crippen LogP contribution is 2.35. The zero-order chi connectivity index (χ0) is 13.9. The van der Waals surface area contributed by atoms with Crippen LogP contribution in [0, 0.1) is 17.1 Å². The van der Waals surface area contributed by atoms with Crippen LogP contribution in [0.25, 0.3) is 11.1 Å². The minimum atomic E-state index is -0.517. The highest BCUT2D eigenvalue weighted by molar-refractivity contribution is 5.73. The molecule has 1 heterocycles. The molecule has 0 bridgehead atoms. The molecule has 0 fully saturated rings. The molecule has 0 amide bonds. The van der Waals surface area contributed by atoms with E-state index in [0.29, 0.717) is 30.3 Å². The largest absolute Gasteiger partial charge is 0.490 e. The van der Waals surface area contributed by atoms with E-state index in [1.54, 1.807) is 24.3 Å². The number of fused-ring (bicyclic) bond motifs is 1. The number of nitrogens with zero attached hydrogens (tertiary/aromatic N) is 1. The van der Waals surface area contributed by atoms with Crippen LogP contribution in [0.5, 0.6) is 11.5 Å². The highest BCUT2D eigenvalue weighted by Gasteiger charge is 2.14. The predicted octanol–water partition coefficient (Wildman–Crippen LogP) is 3.53. The maximum absolute atomic E-state index is 13.7. The summed E-state index contributed by atoms with van der Waals surface area (Å²) in [5.74, 6) is 0.798. The molecular formula is C16H12FNO2. The van der Waals surface area contributed by atoms with Crippen molar-refractivity contribution in [1.29, 1.82) is 5.26 Å². The van der Waals surface area contributed by atoms with Crippen molar-refractivity contribution < 1.29 is 13.9 Å². The lowest BCUT2D eigenvalue weighted by Gasteiger charge is -2.10. The molecule has 3 nitrogen and oxygen atoms in total. The van der Waals surface area contributed by atoms with Gasteiger partial charge in [0.25, 0.3) is 0 Å². The van der Waals surface area contributed by atoms with E-state index in [1.165, 1.54) is 6.07 Å². The molecule has 100 valence electrons. The lowest BCUT2D eigenvalue weighted by Crippen LogP contribution is -1.97. The van der Waals surface area contributed by atoms with Crippen LogP contribution in [0.4, 0.5) is 4.39 Å². The molecule has 0 aliphatic carbocycles. The van der Waals surface area contributed by atoms with E-state index in [9.17, 15) is 4.39 Å². The average molecular weight is 269 g/mol. The lowest BCUT2D eigenvalue weighted by molar-refractivity contribution is 0.297. The molecule has 3 rings (SSSR count). The number of benzene rings is 2. The number of hydrogen-bond donors (Lipinski definition) is 0. The van der Waals surface area contributed by atoms with Crippen molar-refractivity contribution in [2.75, 3.05) is 13.2 Å². The van der Waals surface area contributed by atoms with Crippen molar-refractivity contribution >= 4 is 0 Å². The second-order valence-corrected chi connectivity index (χ2v) is 4.49. The van der Waals surface area contributed by atoms with Gasteiger partial charge in [-0.05, 0) is 23.8 Å². The molecule has 0 unspecified atom stereocenters. The third-order valence-electron chi connectivity index (χ3n) is 3.18. The number of rotatable bonds is 1. The van der Waals surface area contributed by atoms with Gasteiger partial charge in [-0.1, -0.05) is 18.2 Å². The van der Waals surface area contributed by atoms with E-state index < -0.39 is 5.82 Å². The second-order valence-electron chi connectivity index (χ2n) is 4.49. The fraction of sp³-hybridized carbons (Fsp3) is 0.188. The first kappa shape index (κ1) is 12.5. The Labute approximate surface area is 116 Å². The lowest BCUT2D eigenvalue weighted by atomic mass is 9.99. The van der Waals surface area contributed by atoms with Gasteiger partial charge < -0.3 is 9.47 Å². The fourth-order valence-corrected chi connectivity index (χ4v) is 2.21. The van der Waals surface area contributed by atoms with Gasteiger partial charge in [0.05, 0.1) is 18.8 Å². The van der Waals surface area contributed by atoms with Gasteiger partial charge in [0.15, 0.2) is 11.5 Å². The summed E-state index contributed by atoms with van der Waals surface area (Å²) >= 11 is 0. The zero-order valence-corrected chi connectivity index (χ0v) is 10.7. The van der Waals surface area contributed by atoms with Crippen molar-refractivity contribution in [3.8, 4) is 28.7 Å². The topological polar surface area (TPSA) is 42.2 Å². The first-order chi connectivity index (χ1) is 9.79. The van der Waals surface area contributed by atoms with Crippen LogP contribution in [-0.4, -0.2) is 13.2 Å². The summed E-state index contributed by atoms with van der Waals surface area (Å²) in [7, 11) is 0. The first-order valence-corrected chi connectivity index (χ1v) is 6.38. The smallest absolute Gasteiger partial charge is 0.161 e. The molecule has 1 aliphatic heterocycles. The molecule has 0 saturated heterocycles. The van der Waals surface area contributed by atoms with Gasteiger partial charge in [-0.2, -0.15) is 5.26 Å². The molecule has 0 saturated carbocycles. The Bertz CT molecular complexity index is 691. The number of ether oxygens (including phenoxy) is 2. The standard InChI is InChI=1S/C16H12FNO2/c17-14-4-1-3-12(13(14)10-18)11-5-6-15-16(9-11)20-8-2-7-19-15/h1,3-6,9H,2,7-8H2. The molecule has 1 aliphatic rings. The summed E-state index contributed by atoms with van der Waals surface area (Å²) in [6, 6.07) is 11.9. The van der Waals surface area contributed by atoms with Crippen LogP contribution < -0.4 is 9.47 Å². The van der Waals surface area contributed by atoms with Crippen molar-refractivity contribution in [3.63, 3.8) is 0 Å². The third-order valence-corrected chi connectivity index (χ3v) is 3.18. The van der Waals surface area contributed by atoms with Gasteiger partial charge in [0.1, 0.15) is 11.9 Å². The molecule has 0 atom stereocenters. The maximum Gasteiger partial charge on any atom is 0.161 e. The maximum atomic E-state index is 13.7.